The molecule has 0 atom stereocenters. The second-order valence-electron chi connectivity index (χ2n) is 6.02. The molecule has 1 saturated heterocycles. The lowest BCUT2D eigenvalue weighted by molar-refractivity contribution is 0.242. The molecule has 0 spiro atoms. The number of amidine groups is 1. The average molecular weight is 451 g/mol. The molecule has 1 fully saturated rings. The molecular weight excluding hydrogens is 420 g/mol. The summed E-state index contributed by atoms with van der Waals surface area (Å²) in [7, 11) is 4.24. The van der Waals surface area contributed by atoms with Crippen LogP contribution in [0.15, 0.2) is 29.4 Å². The molecule has 1 aromatic carbocycles. The zero-order chi connectivity index (χ0) is 15.9. The number of oxime groups is 1. The standard InChI is InChI=1S/C16H27N5O.4ClH/c1-19(2)8-3-9-20-10-12-21(13-11-20)15-6-4-14(5-7-15)16(17)18-22;;;;/h4-7,22H,3,8-13H2,1-2H3,(H2,17,18);4*1H. The number of benzene rings is 1. The Morgan fingerprint density at radius 2 is 1.58 bits per heavy atom. The van der Waals surface area contributed by atoms with Gasteiger partial charge < -0.3 is 20.7 Å². The summed E-state index contributed by atoms with van der Waals surface area (Å²) in [6.07, 6.45) is 1.22. The fourth-order valence-corrected chi connectivity index (χ4v) is 2.74. The van der Waals surface area contributed by atoms with Crippen molar-refractivity contribution in [2.24, 2.45) is 10.9 Å². The maximum atomic E-state index is 8.68. The first-order valence-electron chi connectivity index (χ1n) is 7.80. The van der Waals surface area contributed by atoms with Gasteiger partial charge in [-0.25, -0.2) is 0 Å². The highest BCUT2D eigenvalue weighted by atomic mass is 35.5. The van der Waals surface area contributed by atoms with Crippen LogP contribution >= 0.6 is 49.6 Å². The predicted molar refractivity (Wildman–Crippen MR) is 120 cm³/mol. The SMILES string of the molecule is CN(C)CCCN1CCN(c2ccc(C(N)=NO)cc2)CC1.Cl.Cl.Cl.Cl. The van der Waals surface area contributed by atoms with E-state index in [1.807, 2.05) is 24.3 Å². The van der Waals surface area contributed by atoms with E-state index >= 15 is 0 Å². The molecule has 1 aliphatic heterocycles. The largest absolute Gasteiger partial charge is 0.409 e. The average Bonchev–Trinajstić information content (AvgIpc) is 2.54. The molecule has 26 heavy (non-hydrogen) atoms. The first-order valence-corrected chi connectivity index (χ1v) is 7.80. The molecule has 0 bridgehead atoms. The Balaban J connectivity index is -0.00000132. The molecule has 1 aromatic rings. The van der Waals surface area contributed by atoms with Gasteiger partial charge >= 0.3 is 0 Å². The van der Waals surface area contributed by atoms with Crippen molar-refractivity contribution in [3.05, 3.63) is 29.8 Å². The van der Waals surface area contributed by atoms with Gasteiger partial charge in [0.2, 0.25) is 0 Å². The van der Waals surface area contributed by atoms with Crippen LogP contribution in [0.25, 0.3) is 0 Å². The van der Waals surface area contributed by atoms with Crippen molar-refractivity contribution in [3.8, 4) is 0 Å². The molecule has 3 N–H and O–H groups in total. The third kappa shape index (κ3) is 9.35. The summed E-state index contributed by atoms with van der Waals surface area (Å²) in [6.45, 7) is 6.63. The van der Waals surface area contributed by atoms with Gasteiger partial charge in [0.05, 0.1) is 0 Å². The highest BCUT2D eigenvalue weighted by Crippen LogP contribution is 2.17. The van der Waals surface area contributed by atoms with E-state index in [4.69, 9.17) is 10.9 Å². The van der Waals surface area contributed by atoms with Gasteiger partial charge in [-0.3, -0.25) is 4.90 Å². The van der Waals surface area contributed by atoms with Crippen LogP contribution < -0.4 is 10.6 Å². The summed E-state index contributed by atoms with van der Waals surface area (Å²) >= 11 is 0. The molecule has 0 aliphatic carbocycles. The summed E-state index contributed by atoms with van der Waals surface area (Å²) in [5.74, 6) is 0.150. The van der Waals surface area contributed by atoms with E-state index in [1.165, 1.54) is 18.7 Å². The van der Waals surface area contributed by atoms with Crippen LogP contribution in [0.4, 0.5) is 5.69 Å². The second-order valence-corrected chi connectivity index (χ2v) is 6.02. The number of hydrogen-bond acceptors (Lipinski definition) is 5. The van der Waals surface area contributed by atoms with Crippen molar-refractivity contribution < 1.29 is 5.21 Å². The molecule has 0 amide bonds. The smallest absolute Gasteiger partial charge is 0.170 e. The quantitative estimate of drug-likeness (QED) is 0.301. The predicted octanol–water partition coefficient (Wildman–Crippen LogP) is 2.54. The third-order valence-corrected chi connectivity index (χ3v) is 4.09. The van der Waals surface area contributed by atoms with Crippen LogP contribution in [-0.2, 0) is 0 Å². The first kappa shape index (κ1) is 30.1. The second kappa shape index (κ2) is 15.4. The van der Waals surface area contributed by atoms with E-state index in [1.54, 1.807) is 0 Å². The number of anilines is 1. The maximum absolute atomic E-state index is 8.68. The Labute approximate surface area is 181 Å². The molecule has 0 aromatic heterocycles. The van der Waals surface area contributed by atoms with Crippen molar-refractivity contribution >= 4 is 61.2 Å². The lowest BCUT2D eigenvalue weighted by Crippen LogP contribution is -2.47. The molecule has 1 aliphatic rings. The molecule has 10 heteroatoms. The topological polar surface area (TPSA) is 68.3 Å². The van der Waals surface area contributed by atoms with Crippen LogP contribution in [-0.4, -0.2) is 74.2 Å². The molecule has 6 nitrogen and oxygen atoms in total. The number of rotatable bonds is 6. The Kier molecular flexibility index (Phi) is 17.9. The summed E-state index contributed by atoms with van der Waals surface area (Å²) in [5, 5.41) is 11.7. The van der Waals surface area contributed by atoms with Gasteiger partial charge in [0.1, 0.15) is 0 Å². The van der Waals surface area contributed by atoms with E-state index in [2.05, 4.69) is 34.0 Å². The normalized spacial score (nSPS) is 14.6. The van der Waals surface area contributed by atoms with Crippen LogP contribution in [0.5, 0.6) is 0 Å². The fraction of sp³-hybridized carbons (Fsp3) is 0.562. The van der Waals surface area contributed by atoms with Crippen molar-refractivity contribution in [3.63, 3.8) is 0 Å². The molecule has 0 saturated carbocycles. The van der Waals surface area contributed by atoms with Gasteiger partial charge in [0.15, 0.2) is 5.84 Å². The van der Waals surface area contributed by atoms with Gasteiger partial charge in [-0.15, -0.1) is 49.6 Å². The van der Waals surface area contributed by atoms with Crippen LogP contribution in [0.3, 0.4) is 0 Å². The first-order chi connectivity index (χ1) is 10.6. The minimum Gasteiger partial charge on any atom is -0.409 e. The Hall–Kier alpha value is -0.630. The third-order valence-electron chi connectivity index (χ3n) is 4.09. The number of hydrogen-bond donors (Lipinski definition) is 2. The van der Waals surface area contributed by atoms with Crippen molar-refractivity contribution in [2.45, 2.75) is 6.42 Å². The molecular formula is C16H31Cl4N5O. The van der Waals surface area contributed by atoms with E-state index in [0.29, 0.717) is 0 Å². The molecule has 0 radical (unpaired) electrons. The zero-order valence-corrected chi connectivity index (χ0v) is 18.5. The monoisotopic (exact) mass is 449 g/mol. The van der Waals surface area contributed by atoms with Crippen LogP contribution in [0.2, 0.25) is 0 Å². The maximum Gasteiger partial charge on any atom is 0.170 e. The van der Waals surface area contributed by atoms with Crippen molar-refractivity contribution in [1.29, 1.82) is 0 Å². The van der Waals surface area contributed by atoms with Crippen LogP contribution in [0.1, 0.15) is 12.0 Å². The molecule has 0 unspecified atom stereocenters. The fourth-order valence-electron chi connectivity index (χ4n) is 2.74. The Morgan fingerprint density at radius 1 is 1.04 bits per heavy atom. The van der Waals surface area contributed by atoms with Gasteiger partial charge in [-0.1, -0.05) is 5.16 Å². The minimum atomic E-state index is 0. The molecule has 2 rings (SSSR count). The van der Waals surface area contributed by atoms with Gasteiger partial charge in [0.25, 0.3) is 0 Å². The number of nitrogens with two attached hydrogens (primary N) is 1. The highest BCUT2D eigenvalue weighted by molar-refractivity contribution is 5.97. The van der Waals surface area contributed by atoms with Crippen molar-refractivity contribution in [1.82, 2.24) is 9.80 Å². The summed E-state index contributed by atoms with van der Waals surface area (Å²) in [4.78, 5) is 7.16. The van der Waals surface area contributed by atoms with Crippen molar-refractivity contribution in [2.75, 3.05) is 58.3 Å². The summed E-state index contributed by atoms with van der Waals surface area (Å²) in [5.41, 5.74) is 7.53. The zero-order valence-electron chi connectivity index (χ0n) is 15.2. The van der Waals surface area contributed by atoms with Crippen LogP contribution in [0, 0.1) is 0 Å². The molecule has 154 valence electrons. The van der Waals surface area contributed by atoms with E-state index in [0.717, 1.165) is 38.3 Å². The van der Waals surface area contributed by atoms with E-state index in [9.17, 15) is 0 Å². The molecule has 1 heterocycles. The lowest BCUT2D eigenvalue weighted by Gasteiger charge is -2.36. The minimum absolute atomic E-state index is 0. The number of nitrogens with zero attached hydrogens (tertiary/aromatic N) is 4. The highest BCUT2D eigenvalue weighted by Gasteiger charge is 2.16. The Bertz CT molecular complexity index is 494. The Morgan fingerprint density at radius 3 is 2.04 bits per heavy atom. The van der Waals surface area contributed by atoms with Gasteiger partial charge in [0, 0.05) is 37.4 Å². The summed E-state index contributed by atoms with van der Waals surface area (Å²) < 4.78 is 0. The number of halogens is 4. The summed E-state index contributed by atoms with van der Waals surface area (Å²) in [6, 6.07) is 7.87. The van der Waals surface area contributed by atoms with Gasteiger partial charge in [-0.05, 0) is 57.9 Å². The van der Waals surface area contributed by atoms with E-state index < -0.39 is 0 Å². The lowest BCUT2D eigenvalue weighted by atomic mass is 10.1. The number of piperazine rings is 1. The van der Waals surface area contributed by atoms with E-state index in [-0.39, 0.29) is 55.5 Å². The van der Waals surface area contributed by atoms with Gasteiger partial charge in [-0.2, -0.15) is 0 Å².